The summed E-state index contributed by atoms with van der Waals surface area (Å²) in [5.41, 5.74) is 5.66. The van der Waals surface area contributed by atoms with E-state index >= 15 is 0 Å². The van der Waals surface area contributed by atoms with E-state index in [9.17, 15) is 4.79 Å². The number of rotatable bonds is 6. The van der Waals surface area contributed by atoms with Gasteiger partial charge in [0.05, 0.1) is 12.2 Å². The van der Waals surface area contributed by atoms with Crippen LogP contribution >= 0.6 is 0 Å². The molecular formula is C29H35N7O. The third-order valence-electron chi connectivity index (χ3n) is 6.97. The van der Waals surface area contributed by atoms with Gasteiger partial charge >= 0.3 is 0 Å². The van der Waals surface area contributed by atoms with Gasteiger partial charge in [-0.25, -0.2) is 14.3 Å². The van der Waals surface area contributed by atoms with Crippen molar-refractivity contribution in [3.63, 3.8) is 0 Å². The summed E-state index contributed by atoms with van der Waals surface area (Å²) in [6, 6.07) is 10.9. The third kappa shape index (κ3) is 4.81. The molecular weight excluding hydrogens is 462 g/mol. The molecule has 0 saturated heterocycles. The van der Waals surface area contributed by atoms with Crippen LogP contribution in [-0.2, 0) is 24.9 Å². The normalized spacial score (nSPS) is 14.2. The summed E-state index contributed by atoms with van der Waals surface area (Å²) in [6.45, 7) is 17.1. The summed E-state index contributed by atoms with van der Waals surface area (Å²) >= 11 is 0. The molecule has 0 bridgehead atoms. The number of allylic oxidation sites excluding steroid dienone is 1. The fourth-order valence-corrected chi connectivity index (χ4v) is 4.82. The van der Waals surface area contributed by atoms with Crippen molar-refractivity contribution in [1.29, 1.82) is 0 Å². The summed E-state index contributed by atoms with van der Waals surface area (Å²) in [5, 5.41) is 3.82. The van der Waals surface area contributed by atoms with E-state index in [1.165, 1.54) is 11.1 Å². The van der Waals surface area contributed by atoms with Crippen LogP contribution < -0.4 is 10.9 Å². The van der Waals surface area contributed by atoms with E-state index in [1.54, 1.807) is 23.2 Å². The van der Waals surface area contributed by atoms with Crippen LogP contribution in [0.3, 0.4) is 0 Å². The predicted molar refractivity (Wildman–Crippen MR) is 149 cm³/mol. The minimum atomic E-state index is -0.154. The largest absolute Gasteiger partial charge is 0.324 e. The quantitative estimate of drug-likeness (QED) is 0.379. The van der Waals surface area contributed by atoms with Crippen molar-refractivity contribution in [2.75, 3.05) is 11.9 Å². The van der Waals surface area contributed by atoms with Gasteiger partial charge in [0.2, 0.25) is 5.95 Å². The highest BCUT2D eigenvalue weighted by atomic mass is 16.1. The lowest BCUT2D eigenvalue weighted by molar-refractivity contribution is 0.203. The topological polar surface area (TPSA) is 80.9 Å². The monoisotopic (exact) mass is 497 g/mol. The van der Waals surface area contributed by atoms with Crippen LogP contribution in [0.1, 0.15) is 51.4 Å². The van der Waals surface area contributed by atoms with E-state index in [0.29, 0.717) is 29.6 Å². The highest BCUT2D eigenvalue weighted by Crippen LogP contribution is 2.26. The van der Waals surface area contributed by atoms with Crippen LogP contribution in [0, 0.1) is 0 Å². The Bertz CT molecular complexity index is 1520. The molecule has 1 aliphatic heterocycles. The molecule has 0 aliphatic carbocycles. The van der Waals surface area contributed by atoms with Gasteiger partial charge in [-0.3, -0.25) is 14.7 Å². The van der Waals surface area contributed by atoms with E-state index in [1.807, 2.05) is 16.8 Å². The summed E-state index contributed by atoms with van der Waals surface area (Å²) in [6.07, 6.45) is 6.11. The Morgan fingerprint density at radius 1 is 1.14 bits per heavy atom. The second-order valence-corrected chi connectivity index (χ2v) is 11.0. The van der Waals surface area contributed by atoms with Crippen LogP contribution in [0.4, 0.5) is 11.6 Å². The van der Waals surface area contributed by atoms with E-state index in [-0.39, 0.29) is 11.0 Å². The van der Waals surface area contributed by atoms with Gasteiger partial charge in [-0.1, -0.05) is 32.9 Å². The van der Waals surface area contributed by atoms with Crippen LogP contribution in [0.2, 0.25) is 0 Å². The maximum Gasteiger partial charge on any atom is 0.278 e. The molecule has 0 spiro atoms. The van der Waals surface area contributed by atoms with Gasteiger partial charge in [0.1, 0.15) is 5.39 Å². The number of pyridine rings is 1. The summed E-state index contributed by atoms with van der Waals surface area (Å²) in [4.78, 5) is 29.6. The van der Waals surface area contributed by atoms with Gasteiger partial charge in [0.15, 0.2) is 5.65 Å². The number of nitrogens with one attached hydrogen (secondary N) is 1. The molecule has 1 aromatic carbocycles. The Morgan fingerprint density at radius 2 is 1.95 bits per heavy atom. The highest BCUT2D eigenvalue weighted by Gasteiger charge is 2.21. The summed E-state index contributed by atoms with van der Waals surface area (Å²) < 4.78 is 3.48. The zero-order valence-corrected chi connectivity index (χ0v) is 22.3. The Kier molecular flexibility index (Phi) is 6.45. The molecule has 0 atom stereocenters. The zero-order chi connectivity index (χ0) is 26.3. The molecule has 8 nitrogen and oxygen atoms in total. The Hall–Kier alpha value is -3.78. The van der Waals surface area contributed by atoms with Crippen molar-refractivity contribution in [3.8, 4) is 5.69 Å². The molecule has 3 aromatic heterocycles. The molecule has 0 unspecified atom stereocenters. The Morgan fingerprint density at radius 3 is 2.68 bits per heavy atom. The van der Waals surface area contributed by atoms with E-state index in [0.717, 1.165) is 36.6 Å². The average molecular weight is 498 g/mol. The van der Waals surface area contributed by atoms with Crippen molar-refractivity contribution in [2.45, 2.75) is 65.6 Å². The van der Waals surface area contributed by atoms with Gasteiger partial charge in [-0.2, -0.15) is 4.98 Å². The molecule has 37 heavy (non-hydrogen) atoms. The lowest BCUT2D eigenvalue weighted by Gasteiger charge is -2.32. The van der Waals surface area contributed by atoms with Crippen LogP contribution in [0.25, 0.3) is 16.7 Å². The fraction of sp³-hybridized carbons (Fsp3) is 0.379. The van der Waals surface area contributed by atoms with E-state index in [2.05, 4.69) is 79.6 Å². The molecule has 0 radical (unpaired) electrons. The molecule has 8 heteroatoms. The smallest absolute Gasteiger partial charge is 0.278 e. The van der Waals surface area contributed by atoms with Gasteiger partial charge in [-0.15, -0.1) is 6.58 Å². The minimum absolute atomic E-state index is 0.136. The Labute approximate surface area is 217 Å². The van der Waals surface area contributed by atoms with Gasteiger partial charge in [0, 0.05) is 48.3 Å². The molecule has 0 amide bonds. The number of anilines is 2. The number of hydrogen-bond acceptors (Lipinski definition) is 6. The predicted octanol–water partition coefficient (Wildman–Crippen LogP) is 4.97. The van der Waals surface area contributed by atoms with Crippen molar-refractivity contribution in [1.82, 2.24) is 29.2 Å². The fourth-order valence-electron chi connectivity index (χ4n) is 4.82. The van der Waals surface area contributed by atoms with Crippen molar-refractivity contribution >= 4 is 22.7 Å². The molecule has 0 saturated carbocycles. The molecule has 1 N–H and O–H groups in total. The number of aromatic nitrogens is 5. The first-order valence-corrected chi connectivity index (χ1v) is 12.8. The van der Waals surface area contributed by atoms with Gasteiger partial charge < -0.3 is 5.32 Å². The molecule has 5 rings (SSSR count). The molecule has 4 aromatic rings. The van der Waals surface area contributed by atoms with Gasteiger partial charge in [0.25, 0.3) is 5.56 Å². The maximum absolute atomic E-state index is 13.3. The second-order valence-electron chi connectivity index (χ2n) is 11.0. The minimum Gasteiger partial charge on any atom is -0.324 e. The number of benzene rings is 1. The average Bonchev–Trinajstić information content (AvgIpc) is 3.14. The lowest BCUT2D eigenvalue weighted by Crippen LogP contribution is -2.35. The lowest BCUT2D eigenvalue weighted by atomic mass is 9.91. The molecule has 1 aliphatic rings. The molecule has 4 heterocycles. The first kappa shape index (κ1) is 24.9. The zero-order valence-electron chi connectivity index (χ0n) is 22.3. The van der Waals surface area contributed by atoms with E-state index in [4.69, 9.17) is 4.98 Å². The maximum atomic E-state index is 13.3. The third-order valence-corrected chi connectivity index (χ3v) is 6.97. The second kappa shape index (κ2) is 9.59. The van der Waals surface area contributed by atoms with Crippen LogP contribution in [0.5, 0.6) is 0 Å². The standard InChI is InChI=1S/C29H35N7O/c1-7-13-35-27(37)24-17-31-28(32-22-9-8-21-18-34(19(2)3)14-11-20(21)15-22)33-26(24)36(35)23-10-12-30-25(16-23)29(4,5)6/h7-10,12,15-17,19H,1,11,13-14,18H2,2-6H3,(H,31,32,33). The number of nitrogens with zero attached hydrogens (tertiary/aromatic N) is 6. The van der Waals surface area contributed by atoms with Gasteiger partial charge in [-0.05, 0) is 55.7 Å². The Balaban J connectivity index is 1.55. The first-order chi connectivity index (χ1) is 17.7. The summed E-state index contributed by atoms with van der Waals surface area (Å²) in [5.74, 6) is 0.446. The summed E-state index contributed by atoms with van der Waals surface area (Å²) in [7, 11) is 0. The highest BCUT2D eigenvalue weighted by molar-refractivity contribution is 5.77. The SMILES string of the molecule is C=CCn1c(=O)c2cnc(Nc3ccc4c(c3)CCN(C(C)C)C4)nc2n1-c1ccnc(C(C)(C)C)c1. The number of hydrogen-bond donors (Lipinski definition) is 1. The molecule has 0 fully saturated rings. The van der Waals surface area contributed by atoms with E-state index < -0.39 is 0 Å². The van der Waals surface area contributed by atoms with Crippen LogP contribution in [0.15, 0.2) is 60.2 Å². The first-order valence-electron chi connectivity index (χ1n) is 12.8. The van der Waals surface area contributed by atoms with Crippen molar-refractivity contribution in [2.24, 2.45) is 0 Å². The van der Waals surface area contributed by atoms with Crippen molar-refractivity contribution in [3.05, 3.63) is 82.6 Å². The molecule has 192 valence electrons. The number of fused-ring (bicyclic) bond motifs is 2. The van der Waals surface area contributed by atoms with Crippen LogP contribution in [-0.4, -0.2) is 41.8 Å². The van der Waals surface area contributed by atoms with Crippen molar-refractivity contribution < 1.29 is 0 Å².